The van der Waals surface area contributed by atoms with Crippen LogP contribution in [-0.2, 0) is 9.53 Å². The molecule has 0 saturated carbocycles. The zero-order valence-corrected chi connectivity index (χ0v) is 12.2. The molecular formula is C14H27N3O2. The zero-order chi connectivity index (χ0) is 13.7. The fourth-order valence-corrected chi connectivity index (χ4v) is 3.16. The largest absolute Gasteiger partial charge is 0.384 e. The van der Waals surface area contributed by atoms with Gasteiger partial charge in [-0.3, -0.25) is 9.69 Å². The minimum atomic E-state index is 0.109. The molecule has 2 aliphatic heterocycles. The van der Waals surface area contributed by atoms with Crippen molar-refractivity contribution < 1.29 is 9.53 Å². The third-order valence-corrected chi connectivity index (χ3v) is 4.07. The third-order valence-electron chi connectivity index (χ3n) is 4.07. The molecule has 0 aliphatic carbocycles. The van der Waals surface area contributed by atoms with Crippen molar-refractivity contribution in [2.24, 2.45) is 5.92 Å². The maximum absolute atomic E-state index is 12.6. The van der Waals surface area contributed by atoms with Crippen molar-refractivity contribution in [3.63, 3.8) is 0 Å². The molecular weight excluding hydrogens is 242 g/mol. The average Bonchev–Trinajstić information content (AvgIpc) is 2.87. The van der Waals surface area contributed by atoms with E-state index in [9.17, 15) is 4.79 Å². The van der Waals surface area contributed by atoms with Crippen LogP contribution in [0.1, 0.15) is 19.8 Å². The Balaban J connectivity index is 1.88. The molecule has 5 nitrogen and oxygen atoms in total. The Bertz CT molecular complexity index is 292. The van der Waals surface area contributed by atoms with Crippen molar-refractivity contribution in [3.8, 4) is 0 Å². The second kappa shape index (κ2) is 7.22. The SMILES string of the molecule is COCC(C)CN1CCCC1C(=O)N1CCNCC1. The van der Waals surface area contributed by atoms with E-state index in [-0.39, 0.29) is 6.04 Å². The first-order valence-corrected chi connectivity index (χ1v) is 7.45. The Morgan fingerprint density at radius 3 is 2.79 bits per heavy atom. The van der Waals surface area contributed by atoms with E-state index in [2.05, 4.69) is 17.1 Å². The molecule has 2 heterocycles. The van der Waals surface area contributed by atoms with Crippen molar-refractivity contribution in [2.75, 3.05) is 53.0 Å². The standard InChI is InChI=1S/C14H27N3O2/c1-12(11-19-2)10-17-7-3-4-13(17)14(18)16-8-5-15-6-9-16/h12-13,15H,3-11H2,1-2H3. The van der Waals surface area contributed by atoms with Crippen molar-refractivity contribution in [1.29, 1.82) is 0 Å². The highest BCUT2D eigenvalue weighted by molar-refractivity contribution is 5.82. The van der Waals surface area contributed by atoms with Gasteiger partial charge in [-0.05, 0) is 25.3 Å². The molecule has 0 spiro atoms. The van der Waals surface area contributed by atoms with Gasteiger partial charge in [0.05, 0.1) is 6.04 Å². The van der Waals surface area contributed by atoms with Crippen LogP contribution in [0.4, 0.5) is 0 Å². The number of amides is 1. The van der Waals surface area contributed by atoms with Crippen LogP contribution in [0.3, 0.4) is 0 Å². The summed E-state index contributed by atoms with van der Waals surface area (Å²) >= 11 is 0. The van der Waals surface area contributed by atoms with Gasteiger partial charge in [-0.2, -0.15) is 0 Å². The summed E-state index contributed by atoms with van der Waals surface area (Å²) in [7, 11) is 1.74. The van der Waals surface area contributed by atoms with Crippen LogP contribution in [0, 0.1) is 5.92 Å². The molecule has 0 aromatic carbocycles. The number of carbonyl (C=O) groups is 1. The second-order valence-corrected chi connectivity index (χ2v) is 5.79. The Kier molecular flexibility index (Phi) is 5.60. The van der Waals surface area contributed by atoms with Gasteiger partial charge in [0.15, 0.2) is 0 Å². The highest BCUT2D eigenvalue weighted by atomic mass is 16.5. The number of rotatable bonds is 5. The van der Waals surface area contributed by atoms with Crippen LogP contribution in [0.25, 0.3) is 0 Å². The average molecular weight is 269 g/mol. The Morgan fingerprint density at radius 1 is 1.37 bits per heavy atom. The highest BCUT2D eigenvalue weighted by Crippen LogP contribution is 2.21. The summed E-state index contributed by atoms with van der Waals surface area (Å²) in [5.41, 5.74) is 0. The molecule has 0 aromatic rings. The summed E-state index contributed by atoms with van der Waals surface area (Å²) in [4.78, 5) is 17.0. The minimum Gasteiger partial charge on any atom is -0.384 e. The Morgan fingerprint density at radius 2 is 2.11 bits per heavy atom. The van der Waals surface area contributed by atoms with Gasteiger partial charge in [-0.15, -0.1) is 0 Å². The van der Waals surface area contributed by atoms with E-state index < -0.39 is 0 Å². The number of nitrogens with zero attached hydrogens (tertiary/aromatic N) is 2. The quantitative estimate of drug-likeness (QED) is 0.772. The summed E-state index contributed by atoms with van der Waals surface area (Å²) in [6, 6.07) is 0.109. The van der Waals surface area contributed by atoms with Gasteiger partial charge in [0.2, 0.25) is 5.91 Å². The van der Waals surface area contributed by atoms with Gasteiger partial charge in [-0.1, -0.05) is 6.92 Å². The molecule has 2 saturated heterocycles. The van der Waals surface area contributed by atoms with Gasteiger partial charge in [0.25, 0.3) is 0 Å². The maximum atomic E-state index is 12.6. The molecule has 2 unspecified atom stereocenters. The molecule has 2 rings (SSSR count). The molecule has 0 bridgehead atoms. The monoisotopic (exact) mass is 269 g/mol. The van der Waals surface area contributed by atoms with E-state index in [1.54, 1.807) is 7.11 Å². The number of methoxy groups -OCH3 is 1. The van der Waals surface area contributed by atoms with Crippen molar-refractivity contribution in [2.45, 2.75) is 25.8 Å². The van der Waals surface area contributed by atoms with Crippen molar-refractivity contribution >= 4 is 5.91 Å². The Hall–Kier alpha value is -0.650. The van der Waals surface area contributed by atoms with E-state index in [0.29, 0.717) is 11.8 Å². The first-order valence-electron chi connectivity index (χ1n) is 7.45. The number of hydrogen-bond donors (Lipinski definition) is 1. The normalized spacial score (nSPS) is 26.6. The molecule has 2 aliphatic rings. The number of likely N-dealkylation sites (tertiary alicyclic amines) is 1. The Labute approximate surface area is 116 Å². The van der Waals surface area contributed by atoms with Gasteiger partial charge < -0.3 is 15.0 Å². The van der Waals surface area contributed by atoms with Crippen LogP contribution < -0.4 is 5.32 Å². The summed E-state index contributed by atoms with van der Waals surface area (Å²) in [6.45, 7) is 8.55. The minimum absolute atomic E-state index is 0.109. The molecule has 1 amide bonds. The van der Waals surface area contributed by atoms with E-state index in [1.807, 2.05) is 4.90 Å². The lowest BCUT2D eigenvalue weighted by Gasteiger charge is -2.33. The zero-order valence-electron chi connectivity index (χ0n) is 12.2. The van der Waals surface area contributed by atoms with Crippen LogP contribution in [0.5, 0.6) is 0 Å². The van der Waals surface area contributed by atoms with E-state index in [4.69, 9.17) is 4.74 Å². The number of hydrogen-bond acceptors (Lipinski definition) is 4. The van der Waals surface area contributed by atoms with Gasteiger partial charge >= 0.3 is 0 Å². The van der Waals surface area contributed by atoms with Gasteiger partial charge in [0.1, 0.15) is 0 Å². The number of nitrogens with one attached hydrogen (secondary N) is 1. The fraction of sp³-hybridized carbons (Fsp3) is 0.929. The van der Waals surface area contributed by atoms with Crippen molar-refractivity contribution in [3.05, 3.63) is 0 Å². The van der Waals surface area contributed by atoms with E-state index in [1.165, 1.54) is 0 Å². The molecule has 2 fully saturated rings. The molecule has 1 N–H and O–H groups in total. The highest BCUT2D eigenvalue weighted by Gasteiger charge is 2.34. The topological polar surface area (TPSA) is 44.8 Å². The summed E-state index contributed by atoms with van der Waals surface area (Å²) in [5.74, 6) is 0.824. The first kappa shape index (κ1) is 14.8. The number of ether oxygens (including phenoxy) is 1. The molecule has 110 valence electrons. The van der Waals surface area contributed by atoms with Crippen LogP contribution in [0.15, 0.2) is 0 Å². The lowest BCUT2D eigenvalue weighted by molar-refractivity contribution is -0.136. The lowest BCUT2D eigenvalue weighted by atomic mass is 10.1. The lowest BCUT2D eigenvalue weighted by Crippen LogP contribution is -2.53. The summed E-state index contributed by atoms with van der Waals surface area (Å²) < 4.78 is 5.20. The van der Waals surface area contributed by atoms with Crippen LogP contribution in [0.2, 0.25) is 0 Å². The third kappa shape index (κ3) is 3.91. The van der Waals surface area contributed by atoms with Crippen LogP contribution >= 0.6 is 0 Å². The maximum Gasteiger partial charge on any atom is 0.240 e. The van der Waals surface area contributed by atoms with Gasteiger partial charge in [0, 0.05) is 46.4 Å². The second-order valence-electron chi connectivity index (χ2n) is 5.79. The first-order chi connectivity index (χ1) is 9.22. The smallest absolute Gasteiger partial charge is 0.240 e. The summed E-state index contributed by atoms with van der Waals surface area (Å²) in [5, 5.41) is 3.30. The van der Waals surface area contributed by atoms with E-state index in [0.717, 1.165) is 58.7 Å². The summed E-state index contributed by atoms with van der Waals surface area (Å²) in [6.07, 6.45) is 2.16. The molecule has 5 heteroatoms. The predicted octanol–water partition coefficient (Wildman–Crippen LogP) is 0.165. The van der Waals surface area contributed by atoms with E-state index >= 15 is 0 Å². The molecule has 2 atom stereocenters. The molecule has 0 radical (unpaired) electrons. The predicted molar refractivity (Wildman–Crippen MR) is 75.1 cm³/mol. The van der Waals surface area contributed by atoms with Crippen molar-refractivity contribution in [1.82, 2.24) is 15.1 Å². The number of carbonyl (C=O) groups excluding carboxylic acids is 1. The molecule has 0 aromatic heterocycles. The molecule has 19 heavy (non-hydrogen) atoms. The fourth-order valence-electron chi connectivity index (χ4n) is 3.16. The number of piperazine rings is 1. The van der Waals surface area contributed by atoms with Crippen LogP contribution in [-0.4, -0.2) is 74.7 Å². The van der Waals surface area contributed by atoms with Gasteiger partial charge in [-0.25, -0.2) is 0 Å².